The number of aromatic nitrogens is 3. The van der Waals surface area contributed by atoms with Gasteiger partial charge in [0, 0.05) is 54.2 Å². The average molecular weight is 420 g/mol. The molecule has 2 aromatic carbocycles. The van der Waals surface area contributed by atoms with Crippen LogP contribution in [0.5, 0.6) is 0 Å². The third-order valence-electron chi connectivity index (χ3n) is 6.85. The number of hydrogen-bond acceptors (Lipinski definition) is 4. The molecule has 0 amide bonds. The van der Waals surface area contributed by atoms with Crippen molar-refractivity contribution in [1.82, 2.24) is 15.0 Å². The van der Waals surface area contributed by atoms with E-state index in [4.69, 9.17) is 4.98 Å². The second-order valence-electron chi connectivity index (χ2n) is 8.56. The van der Waals surface area contributed by atoms with Crippen LogP contribution in [0.2, 0.25) is 0 Å². The highest BCUT2D eigenvalue weighted by Gasteiger charge is 2.43. The predicted octanol–water partition coefficient (Wildman–Crippen LogP) is 1.00. The molecule has 0 atom stereocenters. The van der Waals surface area contributed by atoms with Crippen LogP contribution in [-0.2, 0) is 0 Å². The van der Waals surface area contributed by atoms with Gasteiger partial charge in [0.2, 0.25) is 0 Å². The summed E-state index contributed by atoms with van der Waals surface area (Å²) in [5.41, 5.74) is 10.9. The Kier molecular flexibility index (Phi) is 4.00. The summed E-state index contributed by atoms with van der Waals surface area (Å²) in [4.78, 5) is 16.2. The summed E-state index contributed by atoms with van der Waals surface area (Å²) in [7, 11) is 0. The van der Waals surface area contributed by atoms with E-state index in [0.29, 0.717) is 0 Å². The highest BCUT2D eigenvalue weighted by molar-refractivity contribution is 7.02. The maximum atomic E-state index is 4.77. The monoisotopic (exact) mass is 420 g/mol. The molecule has 4 nitrogen and oxygen atoms in total. The van der Waals surface area contributed by atoms with Crippen molar-refractivity contribution in [1.29, 1.82) is 0 Å². The van der Waals surface area contributed by atoms with Crippen LogP contribution in [0.15, 0.2) is 110 Å². The lowest BCUT2D eigenvalue weighted by Crippen LogP contribution is -2.65. The predicted molar refractivity (Wildman–Crippen MR) is 137 cm³/mol. The van der Waals surface area contributed by atoms with Crippen molar-refractivity contribution in [2.45, 2.75) is 0 Å². The third kappa shape index (κ3) is 2.64. The van der Waals surface area contributed by atoms with E-state index in [0.717, 1.165) is 11.4 Å². The molecule has 3 aromatic heterocycles. The first-order chi connectivity index (χ1) is 16.4. The van der Waals surface area contributed by atoms with Crippen LogP contribution < -0.4 is 37.7 Å². The Bertz CT molecular complexity index is 1380. The summed E-state index contributed by atoms with van der Waals surface area (Å²) in [6.45, 7) is 0.154. The molecule has 2 aliphatic rings. The van der Waals surface area contributed by atoms with E-state index < -0.39 is 0 Å². The topological polar surface area (TPSA) is 41.9 Å². The average Bonchev–Trinajstić information content (AvgIpc) is 2.89. The molecule has 0 unspecified atom stereocenters. The van der Waals surface area contributed by atoms with E-state index in [9.17, 15) is 0 Å². The highest BCUT2D eigenvalue weighted by Crippen LogP contribution is 2.36. The fourth-order valence-electron chi connectivity index (χ4n) is 5.53. The van der Waals surface area contributed by atoms with Crippen LogP contribution in [0.25, 0.3) is 0 Å². The first-order valence-corrected chi connectivity index (χ1v) is 11.2. The molecular formula is C27H18B2N4. The summed E-state index contributed by atoms with van der Waals surface area (Å²) < 4.78 is 0. The number of rotatable bonds is 2. The lowest BCUT2D eigenvalue weighted by atomic mass is 9.31. The molecule has 6 heteroatoms. The van der Waals surface area contributed by atoms with Gasteiger partial charge in [0.1, 0.15) is 0 Å². The molecule has 0 bridgehead atoms. The molecular weight excluding hydrogens is 402 g/mol. The molecule has 5 heterocycles. The fourth-order valence-corrected chi connectivity index (χ4v) is 5.53. The molecule has 7 rings (SSSR count). The van der Waals surface area contributed by atoms with E-state index in [1.54, 1.807) is 0 Å². The second-order valence-corrected chi connectivity index (χ2v) is 8.56. The van der Waals surface area contributed by atoms with Gasteiger partial charge in [-0.2, -0.15) is 0 Å². The summed E-state index contributed by atoms with van der Waals surface area (Å²) >= 11 is 0. The summed E-state index contributed by atoms with van der Waals surface area (Å²) in [6.07, 6.45) is 11.9. The first-order valence-electron chi connectivity index (χ1n) is 11.2. The van der Waals surface area contributed by atoms with Gasteiger partial charge in [0.05, 0.1) is 0 Å². The Hall–Kier alpha value is -4.18. The van der Waals surface area contributed by atoms with Crippen LogP contribution in [0.3, 0.4) is 0 Å². The Labute approximate surface area is 193 Å². The zero-order valence-corrected chi connectivity index (χ0v) is 17.8. The number of hydrogen-bond donors (Lipinski definition) is 0. The van der Waals surface area contributed by atoms with Crippen molar-refractivity contribution in [2.75, 3.05) is 4.90 Å². The largest absolute Gasteiger partial charge is 0.312 e. The summed E-state index contributed by atoms with van der Waals surface area (Å²) in [5, 5.41) is 0. The molecule has 0 spiro atoms. The second kappa shape index (κ2) is 7.17. The number of nitrogens with zero attached hydrogens (tertiary/aromatic N) is 4. The van der Waals surface area contributed by atoms with E-state index in [-0.39, 0.29) is 13.4 Å². The van der Waals surface area contributed by atoms with Crippen LogP contribution in [0.4, 0.5) is 17.1 Å². The van der Waals surface area contributed by atoms with Crippen molar-refractivity contribution >= 4 is 63.3 Å². The molecule has 0 N–H and O–H groups in total. The maximum absolute atomic E-state index is 4.77. The van der Waals surface area contributed by atoms with Gasteiger partial charge in [0.25, 0.3) is 13.4 Å². The van der Waals surface area contributed by atoms with Gasteiger partial charge in [-0.25, -0.2) is 0 Å². The Morgan fingerprint density at radius 1 is 0.485 bits per heavy atom. The van der Waals surface area contributed by atoms with Crippen molar-refractivity contribution in [3.63, 3.8) is 0 Å². The maximum Gasteiger partial charge on any atom is 0.250 e. The molecule has 0 saturated carbocycles. The number of anilines is 3. The molecule has 0 fully saturated rings. The van der Waals surface area contributed by atoms with Gasteiger partial charge in [0.15, 0.2) is 0 Å². The van der Waals surface area contributed by atoms with Gasteiger partial charge < -0.3 is 4.90 Å². The molecule has 152 valence electrons. The van der Waals surface area contributed by atoms with Crippen molar-refractivity contribution < 1.29 is 0 Å². The fraction of sp³-hybridized carbons (Fsp3) is 0. The van der Waals surface area contributed by atoms with Crippen LogP contribution >= 0.6 is 0 Å². The van der Waals surface area contributed by atoms with Crippen molar-refractivity contribution in [2.24, 2.45) is 0 Å². The lowest BCUT2D eigenvalue weighted by molar-refractivity contribution is 1.22. The van der Waals surface area contributed by atoms with Gasteiger partial charge in [-0.3, -0.25) is 15.0 Å². The summed E-state index contributed by atoms with van der Waals surface area (Å²) in [6, 6.07) is 25.6. The van der Waals surface area contributed by atoms with Gasteiger partial charge >= 0.3 is 0 Å². The van der Waals surface area contributed by atoms with Crippen LogP contribution in [0.1, 0.15) is 0 Å². The van der Waals surface area contributed by atoms with E-state index in [1.165, 1.54) is 38.5 Å². The summed E-state index contributed by atoms with van der Waals surface area (Å²) in [5.74, 6) is 0. The van der Waals surface area contributed by atoms with Gasteiger partial charge in [-0.05, 0) is 34.0 Å². The minimum Gasteiger partial charge on any atom is -0.312 e. The van der Waals surface area contributed by atoms with Crippen molar-refractivity contribution in [3.8, 4) is 0 Å². The van der Waals surface area contributed by atoms with E-state index >= 15 is 0 Å². The number of benzene rings is 2. The Morgan fingerprint density at radius 3 is 1.42 bits per heavy atom. The zero-order valence-electron chi connectivity index (χ0n) is 17.8. The van der Waals surface area contributed by atoms with Gasteiger partial charge in [-0.15, -0.1) is 0 Å². The first kappa shape index (κ1) is 18.4. The Balaban J connectivity index is 1.58. The van der Waals surface area contributed by atoms with E-state index in [1.807, 2.05) is 37.2 Å². The van der Waals surface area contributed by atoms with Crippen LogP contribution in [-0.4, -0.2) is 28.4 Å². The lowest BCUT2D eigenvalue weighted by Gasteiger charge is -2.42. The van der Waals surface area contributed by atoms with Gasteiger partial charge in [-0.1, -0.05) is 71.6 Å². The van der Waals surface area contributed by atoms with Crippen molar-refractivity contribution in [3.05, 3.63) is 110 Å². The normalized spacial score (nSPS) is 13.3. The van der Waals surface area contributed by atoms with Crippen LogP contribution in [0, 0.1) is 0 Å². The zero-order chi connectivity index (χ0) is 21.8. The highest BCUT2D eigenvalue weighted by atomic mass is 15.2. The van der Waals surface area contributed by atoms with E-state index in [2.05, 4.69) is 87.7 Å². The standard InChI is InChI=1S/C27H18B2N4/c1-3-7-19(8-4-1)28-21-15-30-13-11-25(21)33-26-12-14-31-16-22(26)29(20-9-5-2-6-10-20)24-18-32-17-23(28)27(24)33/h1-18H. The molecule has 0 aliphatic carbocycles. The number of fused-ring (bicyclic) bond motifs is 4. The molecule has 0 saturated heterocycles. The minimum absolute atomic E-state index is 0.0772. The molecule has 0 radical (unpaired) electrons. The smallest absolute Gasteiger partial charge is 0.250 e. The minimum atomic E-state index is 0.0772. The quantitative estimate of drug-likeness (QED) is 0.392. The third-order valence-corrected chi connectivity index (χ3v) is 6.85. The molecule has 33 heavy (non-hydrogen) atoms. The number of pyridine rings is 3. The SMILES string of the molecule is c1ccc(B2c3cnccc3N3c4ccncc4B(c4ccccc4)c4cncc2c43)cc1. The Morgan fingerprint density at radius 2 is 0.939 bits per heavy atom. The molecule has 5 aromatic rings. The molecule has 2 aliphatic heterocycles.